The average molecular weight is 473 g/mol. The fourth-order valence-corrected chi connectivity index (χ4v) is 5.83. The van der Waals surface area contributed by atoms with E-state index in [1.165, 1.54) is 34.4 Å². The van der Waals surface area contributed by atoms with E-state index in [4.69, 9.17) is 9.47 Å². The Morgan fingerprint density at radius 2 is 1.57 bits per heavy atom. The number of amides is 1. The summed E-state index contributed by atoms with van der Waals surface area (Å²) < 4.78 is 24.8. The molecule has 2 fully saturated rings. The number of halogens is 1. The van der Waals surface area contributed by atoms with Gasteiger partial charge in [-0.3, -0.25) is 14.7 Å². The second-order valence-electron chi connectivity index (χ2n) is 9.45. The molecule has 1 aliphatic carbocycles. The first-order valence-corrected chi connectivity index (χ1v) is 12.0. The van der Waals surface area contributed by atoms with E-state index in [1.54, 1.807) is 4.90 Å². The van der Waals surface area contributed by atoms with Crippen LogP contribution >= 0.6 is 0 Å². The van der Waals surface area contributed by atoms with E-state index < -0.39 is 5.82 Å². The van der Waals surface area contributed by atoms with Crippen molar-refractivity contribution in [3.05, 3.63) is 89.5 Å². The average Bonchev–Trinajstić information content (AvgIpc) is 3.20. The van der Waals surface area contributed by atoms with Crippen LogP contribution in [0.25, 0.3) is 11.1 Å². The molecule has 178 valence electrons. The third-order valence-corrected chi connectivity index (χ3v) is 7.42. The predicted octanol–water partition coefficient (Wildman–Crippen LogP) is 4.83. The van der Waals surface area contributed by atoms with Crippen molar-refractivity contribution in [3.63, 3.8) is 0 Å². The van der Waals surface area contributed by atoms with Gasteiger partial charge in [-0.05, 0) is 47.2 Å². The zero-order valence-corrected chi connectivity index (χ0v) is 19.1. The molecular weight excluding hydrogens is 447 g/mol. The second kappa shape index (κ2) is 8.89. The lowest BCUT2D eigenvalue weighted by Crippen LogP contribution is -2.60. The van der Waals surface area contributed by atoms with Crippen molar-refractivity contribution in [2.45, 2.75) is 30.8 Å². The largest absolute Gasteiger partial charge is 0.448 e. The van der Waals surface area contributed by atoms with E-state index in [0.717, 1.165) is 6.20 Å². The monoisotopic (exact) mass is 472 g/mol. The minimum atomic E-state index is -0.475. The molecular formula is C28H25FN2O4. The molecule has 35 heavy (non-hydrogen) atoms. The number of pyridine rings is 1. The summed E-state index contributed by atoms with van der Waals surface area (Å²) in [4.78, 5) is 32.0. The number of ketones is 1. The maximum Gasteiger partial charge on any atom is 0.410 e. The summed E-state index contributed by atoms with van der Waals surface area (Å²) in [6.45, 7) is 0.980. The van der Waals surface area contributed by atoms with Crippen molar-refractivity contribution in [2.24, 2.45) is 5.92 Å². The molecule has 6 rings (SSSR count). The van der Waals surface area contributed by atoms with Gasteiger partial charge >= 0.3 is 6.09 Å². The molecule has 2 aliphatic heterocycles. The Labute approximate surface area is 202 Å². The van der Waals surface area contributed by atoms with Gasteiger partial charge in [-0.25, -0.2) is 9.18 Å². The molecule has 3 aliphatic rings. The molecule has 0 N–H and O–H groups in total. The minimum Gasteiger partial charge on any atom is -0.448 e. The highest BCUT2D eigenvalue weighted by Gasteiger charge is 2.45. The van der Waals surface area contributed by atoms with Gasteiger partial charge in [0.25, 0.3) is 0 Å². The smallest absolute Gasteiger partial charge is 0.410 e. The number of nitrogens with zero attached hydrogens (tertiary/aromatic N) is 2. The Balaban J connectivity index is 1.16. The van der Waals surface area contributed by atoms with Crippen LogP contribution in [0.4, 0.5) is 9.18 Å². The van der Waals surface area contributed by atoms with Crippen LogP contribution in [-0.2, 0) is 9.47 Å². The fourth-order valence-electron chi connectivity index (χ4n) is 5.83. The van der Waals surface area contributed by atoms with Crippen LogP contribution in [-0.4, -0.2) is 53.7 Å². The van der Waals surface area contributed by atoms with Gasteiger partial charge in [0, 0.05) is 11.8 Å². The molecule has 1 amide bonds. The van der Waals surface area contributed by atoms with Gasteiger partial charge in [-0.1, -0.05) is 48.5 Å². The van der Waals surface area contributed by atoms with Crippen molar-refractivity contribution in [3.8, 4) is 11.1 Å². The zero-order chi connectivity index (χ0) is 23.9. The molecule has 2 saturated heterocycles. The SMILES string of the molecule is O=C(c1ccc(F)cn1)C1CC2COCC(C1)N2C(=O)OCC1c2ccccc2-c2ccccc21. The van der Waals surface area contributed by atoms with Crippen LogP contribution in [0.15, 0.2) is 66.9 Å². The minimum absolute atomic E-state index is 0.00823. The van der Waals surface area contributed by atoms with E-state index in [2.05, 4.69) is 29.2 Å². The van der Waals surface area contributed by atoms with Crippen molar-refractivity contribution in [2.75, 3.05) is 19.8 Å². The number of hydrogen-bond acceptors (Lipinski definition) is 5. The van der Waals surface area contributed by atoms with Crippen molar-refractivity contribution in [1.82, 2.24) is 9.88 Å². The summed E-state index contributed by atoms with van der Waals surface area (Å²) in [6.07, 6.45) is 1.64. The van der Waals surface area contributed by atoms with Crippen LogP contribution in [0, 0.1) is 11.7 Å². The molecule has 2 unspecified atom stereocenters. The number of piperidine rings is 1. The maximum absolute atomic E-state index is 13.3. The van der Waals surface area contributed by atoms with E-state index >= 15 is 0 Å². The number of carbonyl (C=O) groups excluding carboxylic acids is 2. The molecule has 3 aromatic rings. The van der Waals surface area contributed by atoms with Crippen LogP contribution in [0.2, 0.25) is 0 Å². The number of carbonyl (C=O) groups is 2. The summed E-state index contributed by atoms with van der Waals surface area (Å²) in [5.74, 6) is -0.887. The number of ether oxygens (including phenoxy) is 2. The number of morpholine rings is 1. The lowest BCUT2D eigenvalue weighted by molar-refractivity contribution is -0.0748. The van der Waals surface area contributed by atoms with Crippen molar-refractivity contribution < 1.29 is 23.5 Å². The molecule has 2 aromatic carbocycles. The van der Waals surface area contributed by atoms with Crippen LogP contribution in [0.1, 0.15) is 40.4 Å². The quantitative estimate of drug-likeness (QED) is 0.509. The molecule has 2 atom stereocenters. The van der Waals surface area contributed by atoms with Gasteiger partial charge in [0.2, 0.25) is 0 Å². The molecule has 7 heteroatoms. The summed E-state index contributed by atoms with van der Waals surface area (Å²) in [7, 11) is 0. The molecule has 6 nitrogen and oxygen atoms in total. The molecule has 0 spiro atoms. The summed E-state index contributed by atoms with van der Waals surface area (Å²) in [5, 5.41) is 0. The van der Waals surface area contributed by atoms with E-state index in [9.17, 15) is 14.0 Å². The Kier molecular flexibility index (Phi) is 5.57. The number of hydrogen-bond donors (Lipinski definition) is 0. The van der Waals surface area contributed by atoms with E-state index in [1.807, 2.05) is 24.3 Å². The lowest BCUT2D eigenvalue weighted by atomic mass is 9.82. The summed E-state index contributed by atoms with van der Waals surface area (Å²) in [5.41, 5.74) is 4.96. The van der Waals surface area contributed by atoms with E-state index in [-0.39, 0.29) is 48.1 Å². The number of benzene rings is 2. The summed E-state index contributed by atoms with van der Waals surface area (Å²) >= 11 is 0. The van der Waals surface area contributed by atoms with Gasteiger partial charge in [-0.2, -0.15) is 0 Å². The Morgan fingerprint density at radius 1 is 0.943 bits per heavy atom. The highest BCUT2D eigenvalue weighted by atomic mass is 19.1. The van der Waals surface area contributed by atoms with Gasteiger partial charge < -0.3 is 9.47 Å². The van der Waals surface area contributed by atoms with Crippen LogP contribution in [0.5, 0.6) is 0 Å². The maximum atomic E-state index is 13.3. The van der Waals surface area contributed by atoms with Crippen LogP contribution < -0.4 is 0 Å². The number of rotatable bonds is 4. The lowest BCUT2D eigenvalue weighted by Gasteiger charge is -2.47. The standard InChI is InChI=1S/C28H25FN2O4/c29-18-9-10-26(30-13-18)27(32)17-11-19-14-34-15-20(12-17)31(19)28(33)35-16-25-23-7-3-1-5-21(23)22-6-2-4-8-24(22)25/h1-10,13,17,19-20,25H,11-12,14-16H2. The third-order valence-electron chi connectivity index (χ3n) is 7.42. The highest BCUT2D eigenvalue weighted by molar-refractivity contribution is 5.96. The highest BCUT2D eigenvalue weighted by Crippen LogP contribution is 2.44. The van der Waals surface area contributed by atoms with Gasteiger partial charge in [-0.15, -0.1) is 0 Å². The topological polar surface area (TPSA) is 68.7 Å². The first kappa shape index (κ1) is 21.9. The Bertz CT molecular complexity index is 1220. The normalized spacial score (nSPS) is 22.9. The van der Waals surface area contributed by atoms with Crippen molar-refractivity contribution in [1.29, 1.82) is 0 Å². The number of aromatic nitrogens is 1. The molecule has 0 radical (unpaired) electrons. The second-order valence-corrected chi connectivity index (χ2v) is 9.45. The first-order chi connectivity index (χ1) is 17.1. The number of fused-ring (bicyclic) bond motifs is 5. The van der Waals surface area contributed by atoms with Gasteiger partial charge in [0.1, 0.15) is 18.1 Å². The van der Waals surface area contributed by atoms with Gasteiger partial charge in [0.05, 0.1) is 31.5 Å². The van der Waals surface area contributed by atoms with Gasteiger partial charge in [0.15, 0.2) is 5.78 Å². The molecule has 3 heterocycles. The molecule has 1 aromatic heterocycles. The Morgan fingerprint density at radius 3 is 2.17 bits per heavy atom. The van der Waals surface area contributed by atoms with Crippen molar-refractivity contribution >= 4 is 11.9 Å². The Hall–Kier alpha value is -3.58. The summed E-state index contributed by atoms with van der Waals surface area (Å²) in [6, 6.07) is 18.7. The van der Waals surface area contributed by atoms with E-state index in [0.29, 0.717) is 26.1 Å². The number of Topliss-reactive ketones (excluding diaryl/α,β-unsaturated/α-hetero) is 1. The molecule has 2 bridgehead atoms. The van der Waals surface area contributed by atoms with Crippen LogP contribution in [0.3, 0.4) is 0 Å². The zero-order valence-electron chi connectivity index (χ0n) is 19.1. The fraction of sp³-hybridized carbons (Fsp3) is 0.321. The predicted molar refractivity (Wildman–Crippen MR) is 127 cm³/mol. The third kappa shape index (κ3) is 3.90. The first-order valence-electron chi connectivity index (χ1n) is 12.0. The molecule has 0 saturated carbocycles.